The molecular weight excluding hydrogens is 234 g/mol. The van der Waals surface area contributed by atoms with Crippen LogP contribution in [0.15, 0.2) is 36.5 Å². The van der Waals surface area contributed by atoms with E-state index in [0.717, 1.165) is 19.5 Å². The van der Waals surface area contributed by atoms with Crippen molar-refractivity contribution in [1.82, 2.24) is 15.1 Å². The average Bonchev–Trinajstić information content (AvgIpc) is 2.82. The van der Waals surface area contributed by atoms with Crippen molar-refractivity contribution in [2.75, 3.05) is 13.1 Å². The summed E-state index contributed by atoms with van der Waals surface area (Å²) < 4.78 is 1.97. The number of piperidine rings is 1. The smallest absolute Gasteiger partial charge is 0.0703 e. The molecule has 1 saturated heterocycles. The largest absolute Gasteiger partial charge is 0.317 e. The fourth-order valence-electron chi connectivity index (χ4n) is 2.95. The van der Waals surface area contributed by atoms with Gasteiger partial charge in [-0.05, 0) is 43.0 Å². The summed E-state index contributed by atoms with van der Waals surface area (Å²) in [4.78, 5) is 0. The van der Waals surface area contributed by atoms with Gasteiger partial charge >= 0.3 is 0 Å². The van der Waals surface area contributed by atoms with Crippen molar-refractivity contribution >= 4 is 0 Å². The monoisotopic (exact) mass is 255 g/mol. The molecule has 0 unspecified atom stereocenters. The van der Waals surface area contributed by atoms with Gasteiger partial charge in [0.15, 0.2) is 0 Å². The van der Waals surface area contributed by atoms with Crippen molar-refractivity contribution in [2.45, 2.75) is 25.2 Å². The molecule has 0 bridgehead atoms. The second-order valence-corrected chi connectivity index (χ2v) is 5.39. The number of hydrogen-bond acceptors (Lipinski definition) is 2. The van der Waals surface area contributed by atoms with Gasteiger partial charge in [0, 0.05) is 19.7 Å². The number of nitrogens with zero attached hydrogens (tertiary/aromatic N) is 2. The van der Waals surface area contributed by atoms with E-state index in [1.807, 2.05) is 11.7 Å². The molecule has 0 amide bonds. The predicted octanol–water partition coefficient (Wildman–Crippen LogP) is 2.48. The van der Waals surface area contributed by atoms with Crippen LogP contribution in [-0.2, 0) is 13.5 Å². The summed E-state index contributed by atoms with van der Waals surface area (Å²) >= 11 is 0. The molecule has 19 heavy (non-hydrogen) atoms. The number of aromatic nitrogens is 2. The molecule has 3 nitrogen and oxygen atoms in total. The maximum Gasteiger partial charge on any atom is 0.0703 e. The lowest BCUT2D eigenvalue weighted by molar-refractivity contribution is 0.458. The number of nitrogens with one attached hydrogen (secondary N) is 1. The lowest BCUT2D eigenvalue weighted by atomic mass is 9.89. The first kappa shape index (κ1) is 12.4. The van der Waals surface area contributed by atoms with E-state index in [9.17, 15) is 0 Å². The predicted molar refractivity (Wildman–Crippen MR) is 77.3 cm³/mol. The molecule has 0 aliphatic carbocycles. The van der Waals surface area contributed by atoms with Gasteiger partial charge < -0.3 is 5.32 Å². The summed E-state index contributed by atoms with van der Waals surface area (Å²) in [6, 6.07) is 10.6. The standard InChI is InChI=1S/C16H21N3/c1-19-12-15(14-7-9-17-10-8-14)16(18-19)11-13-5-3-2-4-6-13/h2-6,12,14,17H,7-11H2,1H3. The molecule has 1 aliphatic rings. The van der Waals surface area contributed by atoms with Gasteiger partial charge in [-0.3, -0.25) is 4.68 Å². The molecule has 1 aliphatic heterocycles. The summed E-state index contributed by atoms with van der Waals surface area (Å²) in [5, 5.41) is 8.11. The molecule has 100 valence electrons. The highest BCUT2D eigenvalue weighted by Crippen LogP contribution is 2.28. The minimum Gasteiger partial charge on any atom is -0.317 e. The third kappa shape index (κ3) is 2.87. The third-order valence-electron chi connectivity index (χ3n) is 3.93. The van der Waals surface area contributed by atoms with Crippen molar-refractivity contribution in [3.63, 3.8) is 0 Å². The molecule has 2 aromatic rings. The Morgan fingerprint density at radius 3 is 2.68 bits per heavy atom. The summed E-state index contributed by atoms with van der Waals surface area (Å²) in [5.74, 6) is 0.675. The van der Waals surface area contributed by atoms with E-state index in [-0.39, 0.29) is 0 Å². The van der Waals surface area contributed by atoms with Gasteiger partial charge in [0.25, 0.3) is 0 Å². The summed E-state index contributed by atoms with van der Waals surface area (Å²) in [7, 11) is 2.03. The van der Waals surface area contributed by atoms with Crippen LogP contribution in [0.4, 0.5) is 0 Å². The second kappa shape index (κ2) is 5.57. The van der Waals surface area contributed by atoms with Gasteiger partial charge in [-0.1, -0.05) is 30.3 Å². The average molecular weight is 255 g/mol. The summed E-state index contributed by atoms with van der Waals surface area (Å²) in [5.41, 5.74) is 4.05. The van der Waals surface area contributed by atoms with Crippen LogP contribution < -0.4 is 5.32 Å². The minimum absolute atomic E-state index is 0.675. The Morgan fingerprint density at radius 2 is 1.95 bits per heavy atom. The van der Waals surface area contributed by atoms with E-state index >= 15 is 0 Å². The molecule has 0 spiro atoms. The quantitative estimate of drug-likeness (QED) is 0.913. The highest BCUT2D eigenvalue weighted by molar-refractivity contribution is 5.29. The van der Waals surface area contributed by atoms with Crippen LogP contribution in [0.5, 0.6) is 0 Å². The van der Waals surface area contributed by atoms with Gasteiger partial charge in [-0.25, -0.2) is 0 Å². The zero-order valence-corrected chi connectivity index (χ0v) is 11.5. The molecule has 3 heteroatoms. The Kier molecular flexibility index (Phi) is 3.65. The van der Waals surface area contributed by atoms with Crippen LogP contribution in [0, 0.1) is 0 Å². The fourth-order valence-corrected chi connectivity index (χ4v) is 2.95. The number of aryl methyl sites for hydroxylation is 1. The Bertz CT molecular complexity index is 524. The zero-order valence-electron chi connectivity index (χ0n) is 11.5. The van der Waals surface area contributed by atoms with E-state index in [1.54, 1.807) is 0 Å². The van der Waals surface area contributed by atoms with Crippen LogP contribution in [0.2, 0.25) is 0 Å². The molecule has 1 aromatic carbocycles. The Balaban J connectivity index is 1.84. The Morgan fingerprint density at radius 1 is 1.21 bits per heavy atom. The van der Waals surface area contributed by atoms with Crippen molar-refractivity contribution in [2.24, 2.45) is 7.05 Å². The molecule has 2 heterocycles. The molecule has 0 saturated carbocycles. The first-order chi connectivity index (χ1) is 9.33. The van der Waals surface area contributed by atoms with Crippen LogP contribution in [-0.4, -0.2) is 22.9 Å². The first-order valence-electron chi connectivity index (χ1n) is 7.10. The highest BCUT2D eigenvalue weighted by Gasteiger charge is 2.20. The molecule has 3 rings (SSSR count). The van der Waals surface area contributed by atoms with E-state index < -0.39 is 0 Å². The zero-order chi connectivity index (χ0) is 13.1. The van der Waals surface area contributed by atoms with E-state index in [2.05, 4.69) is 46.9 Å². The van der Waals surface area contributed by atoms with E-state index in [4.69, 9.17) is 0 Å². The van der Waals surface area contributed by atoms with Crippen LogP contribution in [0.1, 0.15) is 35.6 Å². The minimum atomic E-state index is 0.675. The summed E-state index contributed by atoms with van der Waals surface area (Å²) in [6.45, 7) is 2.26. The number of benzene rings is 1. The Hall–Kier alpha value is -1.61. The van der Waals surface area contributed by atoms with Gasteiger partial charge in [-0.2, -0.15) is 5.10 Å². The highest BCUT2D eigenvalue weighted by atomic mass is 15.3. The van der Waals surface area contributed by atoms with E-state index in [1.165, 1.54) is 29.7 Å². The van der Waals surface area contributed by atoms with Gasteiger partial charge in [-0.15, -0.1) is 0 Å². The third-order valence-corrected chi connectivity index (χ3v) is 3.93. The van der Waals surface area contributed by atoms with Gasteiger partial charge in [0.05, 0.1) is 5.69 Å². The fraction of sp³-hybridized carbons (Fsp3) is 0.438. The molecular formula is C16H21N3. The molecule has 1 N–H and O–H groups in total. The maximum absolute atomic E-state index is 4.68. The van der Waals surface area contributed by atoms with Crippen molar-refractivity contribution in [3.8, 4) is 0 Å². The van der Waals surface area contributed by atoms with Gasteiger partial charge in [0.2, 0.25) is 0 Å². The second-order valence-electron chi connectivity index (χ2n) is 5.39. The van der Waals surface area contributed by atoms with Crippen LogP contribution in [0.25, 0.3) is 0 Å². The lowest BCUT2D eigenvalue weighted by Gasteiger charge is -2.22. The SMILES string of the molecule is Cn1cc(C2CCNCC2)c(Cc2ccccc2)n1. The number of rotatable bonds is 3. The van der Waals surface area contributed by atoms with Crippen LogP contribution in [0.3, 0.4) is 0 Å². The van der Waals surface area contributed by atoms with Crippen LogP contribution >= 0.6 is 0 Å². The molecule has 0 radical (unpaired) electrons. The molecule has 1 aromatic heterocycles. The maximum atomic E-state index is 4.68. The van der Waals surface area contributed by atoms with Gasteiger partial charge in [0.1, 0.15) is 0 Å². The molecule has 0 atom stereocenters. The number of hydrogen-bond donors (Lipinski definition) is 1. The molecule has 1 fully saturated rings. The lowest BCUT2D eigenvalue weighted by Crippen LogP contribution is -2.26. The summed E-state index contributed by atoms with van der Waals surface area (Å²) in [6.07, 6.45) is 5.62. The normalized spacial score (nSPS) is 16.7. The van der Waals surface area contributed by atoms with E-state index in [0.29, 0.717) is 5.92 Å². The topological polar surface area (TPSA) is 29.9 Å². The first-order valence-corrected chi connectivity index (χ1v) is 7.10. The Labute approximate surface area is 114 Å². The van der Waals surface area contributed by atoms with Crippen molar-refractivity contribution in [3.05, 3.63) is 53.3 Å². The van der Waals surface area contributed by atoms with Crippen molar-refractivity contribution in [1.29, 1.82) is 0 Å². The van der Waals surface area contributed by atoms with Crippen molar-refractivity contribution < 1.29 is 0 Å².